The van der Waals surface area contributed by atoms with E-state index < -0.39 is 0 Å². The number of hydrogen-bond donors (Lipinski definition) is 0. The lowest BCUT2D eigenvalue weighted by Gasteiger charge is -2.09. The monoisotopic (exact) mass is 417 g/mol. The van der Waals surface area contributed by atoms with Crippen molar-refractivity contribution in [1.82, 2.24) is 14.8 Å². The topological polar surface area (TPSA) is 57.0 Å². The Bertz CT molecular complexity index is 959. The van der Waals surface area contributed by atoms with Crippen molar-refractivity contribution < 1.29 is 13.9 Å². The van der Waals surface area contributed by atoms with Gasteiger partial charge in [0, 0.05) is 17.1 Å². The normalized spacial score (nSPS) is 10.6. The van der Waals surface area contributed by atoms with Crippen LogP contribution in [0.3, 0.4) is 0 Å². The first-order chi connectivity index (χ1) is 13.6. The molecule has 2 aromatic carbocycles. The molecule has 3 rings (SSSR count). The van der Waals surface area contributed by atoms with E-state index in [2.05, 4.69) is 16.8 Å². The second-order valence-corrected chi connectivity index (χ2v) is 7.14. The summed E-state index contributed by atoms with van der Waals surface area (Å²) >= 11 is 7.13. The molecule has 0 saturated carbocycles. The van der Waals surface area contributed by atoms with Gasteiger partial charge in [0.2, 0.25) is 0 Å². The van der Waals surface area contributed by atoms with Gasteiger partial charge in [0.05, 0.1) is 5.75 Å². The van der Waals surface area contributed by atoms with Crippen molar-refractivity contribution in [3.8, 4) is 5.75 Å². The van der Waals surface area contributed by atoms with Crippen LogP contribution >= 0.6 is 23.4 Å². The number of ketones is 1. The Balaban J connectivity index is 1.65. The maximum atomic E-state index is 13.0. The molecule has 1 heterocycles. The molecule has 0 bridgehead atoms. The second-order valence-electron chi connectivity index (χ2n) is 5.76. The molecule has 0 unspecified atom stereocenters. The SMILES string of the molecule is C=CCn1c(COc2ccc(Cl)cc2)nnc1SCC(=O)c1ccc(F)cc1. The van der Waals surface area contributed by atoms with Crippen molar-refractivity contribution in [2.45, 2.75) is 18.3 Å². The molecule has 28 heavy (non-hydrogen) atoms. The van der Waals surface area contributed by atoms with Crippen molar-refractivity contribution in [2.24, 2.45) is 0 Å². The maximum Gasteiger partial charge on any atom is 0.192 e. The zero-order valence-electron chi connectivity index (χ0n) is 14.8. The molecular weight excluding hydrogens is 401 g/mol. The van der Waals surface area contributed by atoms with Gasteiger partial charge in [-0.25, -0.2) is 4.39 Å². The highest BCUT2D eigenvalue weighted by Crippen LogP contribution is 2.21. The third-order valence-corrected chi connectivity index (χ3v) is 5.00. The minimum atomic E-state index is -0.375. The van der Waals surface area contributed by atoms with Crippen LogP contribution < -0.4 is 4.74 Å². The van der Waals surface area contributed by atoms with Crippen LogP contribution in [-0.4, -0.2) is 26.3 Å². The zero-order valence-corrected chi connectivity index (χ0v) is 16.4. The number of halogens is 2. The van der Waals surface area contributed by atoms with E-state index in [1.54, 1.807) is 30.3 Å². The second kappa shape index (κ2) is 9.52. The molecule has 0 aliphatic carbocycles. The highest BCUT2D eigenvalue weighted by molar-refractivity contribution is 7.99. The average Bonchev–Trinajstić information content (AvgIpc) is 3.08. The molecule has 8 heteroatoms. The van der Waals surface area contributed by atoms with Gasteiger partial charge >= 0.3 is 0 Å². The van der Waals surface area contributed by atoms with Crippen LogP contribution in [0.2, 0.25) is 5.02 Å². The summed E-state index contributed by atoms with van der Waals surface area (Å²) in [6, 6.07) is 12.5. The number of carbonyl (C=O) groups excluding carboxylic acids is 1. The van der Waals surface area contributed by atoms with Crippen LogP contribution in [0.15, 0.2) is 66.3 Å². The molecule has 1 aromatic heterocycles. The van der Waals surface area contributed by atoms with Crippen molar-refractivity contribution in [3.63, 3.8) is 0 Å². The van der Waals surface area contributed by atoms with E-state index in [1.807, 2.05) is 4.57 Å². The van der Waals surface area contributed by atoms with Gasteiger partial charge in [-0.3, -0.25) is 9.36 Å². The summed E-state index contributed by atoms with van der Waals surface area (Å²) in [7, 11) is 0. The Morgan fingerprint density at radius 2 is 1.89 bits per heavy atom. The minimum absolute atomic E-state index is 0.114. The van der Waals surface area contributed by atoms with Crippen LogP contribution in [0.1, 0.15) is 16.2 Å². The third-order valence-electron chi connectivity index (χ3n) is 3.79. The van der Waals surface area contributed by atoms with Crippen molar-refractivity contribution in [1.29, 1.82) is 0 Å². The maximum absolute atomic E-state index is 13.0. The van der Waals surface area contributed by atoms with Crippen LogP contribution in [0.5, 0.6) is 5.75 Å². The molecule has 5 nitrogen and oxygen atoms in total. The van der Waals surface area contributed by atoms with E-state index in [-0.39, 0.29) is 24.0 Å². The predicted molar refractivity (Wildman–Crippen MR) is 107 cm³/mol. The van der Waals surface area contributed by atoms with Gasteiger partial charge in [-0.1, -0.05) is 29.4 Å². The van der Waals surface area contributed by atoms with E-state index in [1.165, 1.54) is 36.0 Å². The molecule has 0 amide bonds. The molecule has 0 aliphatic rings. The number of benzene rings is 2. The first kappa shape index (κ1) is 20.1. The summed E-state index contributed by atoms with van der Waals surface area (Å²) in [6.07, 6.45) is 1.72. The van der Waals surface area contributed by atoms with Crippen LogP contribution in [0, 0.1) is 5.82 Å². The lowest BCUT2D eigenvalue weighted by Crippen LogP contribution is -2.09. The summed E-state index contributed by atoms with van der Waals surface area (Å²) in [6.45, 7) is 4.46. The standard InChI is InChI=1S/C20H17ClFN3O2S/c1-2-11-25-19(12-27-17-9-5-15(21)6-10-17)23-24-20(25)28-13-18(26)14-3-7-16(22)8-4-14/h2-10H,1,11-13H2. The molecular formula is C20H17ClFN3O2S. The molecule has 0 N–H and O–H groups in total. The van der Waals surface area contributed by atoms with Gasteiger partial charge in [-0.2, -0.15) is 0 Å². The highest BCUT2D eigenvalue weighted by atomic mass is 35.5. The predicted octanol–water partition coefficient (Wildman–Crippen LogP) is 4.81. The number of Topliss-reactive ketones (excluding diaryl/α,β-unsaturated/α-hetero) is 1. The fraction of sp³-hybridized carbons (Fsp3) is 0.150. The summed E-state index contributed by atoms with van der Waals surface area (Å²) in [4.78, 5) is 12.3. The van der Waals surface area contributed by atoms with Gasteiger partial charge in [0.15, 0.2) is 16.8 Å². The molecule has 0 spiro atoms. The van der Waals surface area contributed by atoms with Gasteiger partial charge in [0.1, 0.15) is 18.2 Å². The fourth-order valence-electron chi connectivity index (χ4n) is 2.37. The molecule has 0 fully saturated rings. The van der Waals surface area contributed by atoms with Crippen LogP contribution in [-0.2, 0) is 13.2 Å². The molecule has 0 radical (unpaired) electrons. The average molecular weight is 418 g/mol. The third kappa shape index (κ3) is 5.21. The molecule has 0 atom stereocenters. The van der Waals surface area contributed by atoms with Crippen LogP contribution in [0.4, 0.5) is 4.39 Å². The smallest absolute Gasteiger partial charge is 0.192 e. The quantitative estimate of drug-likeness (QED) is 0.284. The highest BCUT2D eigenvalue weighted by Gasteiger charge is 2.15. The van der Waals surface area contributed by atoms with Gasteiger partial charge in [-0.05, 0) is 48.5 Å². The summed E-state index contributed by atoms with van der Waals surface area (Å²) < 4.78 is 20.6. The summed E-state index contributed by atoms with van der Waals surface area (Å²) in [5.41, 5.74) is 0.454. The molecule has 0 saturated heterocycles. The first-order valence-corrected chi connectivity index (χ1v) is 9.76. The Morgan fingerprint density at radius 1 is 1.18 bits per heavy atom. The van der Waals surface area contributed by atoms with Gasteiger partial charge in [0.25, 0.3) is 0 Å². The number of aromatic nitrogens is 3. The molecule has 144 valence electrons. The largest absolute Gasteiger partial charge is 0.486 e. The number of nitrogens with zero attached hydrogens (tertiary/aromatic N) is 3. The Labute approximate surface area is 171 Å². The first-order valence-electron chi connectivity index (χ1n) is 8.39. The van der Waals surface area contributed by atoms with Crippen molar-refractivity contribution >= 4 is 29.1 Å². The lowest BCUT2D eigenvalue weighted by molar-refractivity contribution is 0.102. The van der Waals surface area contributed by atoms with E-state index in [9.17, 15) is 9.18 Å². The number of ether oxygens (including phenoxy) is 1. The van der Waals surface area contributed by atoms with Crippen molar-refractivity contribution in [2.75, 3.05) is 5.75 Å². The van der Waals surface area contributed by atoms with E-state index in [4.69, 9.17) is 16.3 Å². The number of carbonyl (C=O) groups is 1. The number of rotatable bonds is 9. The Morgan fingerprint density at radius 3 is 2.57 bits per heavy atom. The van der Waals surface area contributed by atoms with Crippen LogP contribution in [0.25, 0.3) is 0 Å². The molecule has 0 aliphatic heterocycles. The van der Waals surface area contributed by atoms with E-state index in [0.29, 0.717) is 33.9 Å². The summed E-state index contributed by atoms with van der Waals surface area (Å²) in [5, 5.41) is 9.54. The van der Waals surface area contributed by atoms with Crippen molar-refractivity contribution in [3.05, 3.63) is 83.4 Å². The van der Waals surface area contributed by atoms with E-state index in [0.717, 1.165) is 0 Å². The van der Waals surface area contributed by atoms with Gasteiger partial charge < -0.3 is 4.74 Å². The fourth-order valence-corrected chi connectivity index (χ4v) is 3.36. The number of hydrogen-bond acceptors (Lipinski definition) is 5. The molecule has 3 aromatic rings. The zero-order chi connectivity index (χ0) is 19.9. The Kier molecular flexibility index (Phi) is 6.84. The summed E-state index contributed by atoms with van der Waals surface area (Å²) in [5.74, 6) is 0.959. The Hall–Kier alpha value is -2.64. The lowest BCUT2D eigenvalue weighted by atomic mass is 10.1. The minimum Gasteiger partial charge on any atom is -0.486 e. The van der Waals surface area contributed by atoms with E-state index >= 15 is 0 Å². The number of allylic oxidation sites excluding steroid dienone is 1. The number of thioether (sulfide) groups is 1. The van der Waals surface area contributed by atoms with Gasteiger partial charge in [-0.15, -0.1) is 16.8 Å².